The molecule has 24 heavy (non-hydrogen) atoms. The fraction of sp³-hybridized carbons (Fsp3) is 0.412. The van der Waals surface area contributed by atoms with Crippen LogP contribution in [0, 0.1) is 0 Å². The first kappa shape index (κ1) is 18.1. The average molecular weight is 353 g/mol. The van der Waals surface area contributed by atoms with Crippen molar-refractivity contribution >= 4 is 28.4 Å². The first-order chi connectivity index (χ1) is 10.9. The summed E-state index contributed by atoms with van der Waals surface area (Å²) in [6.45, 7) is 9.24. The van der Waals surface area contributed by atoms with Gasteiger partial charge in [-0.1, -0.05) is 11.6 Å². The molecule has 0 radical (unpaired) electrons. The lowest BCUT2D eigenvalue weighted by Crippen LogP contribution is -2.35. The number of carbonyl (C=O) groups excluding carboxylic acids is 1. The molecule has 0 bridgehead atoms. The Labute approximate surface area is 144 Å². The van der Waals surface area contributed by atoms with Gasteiger partial charge in [-0.05, 0) is 34.6 Å². The molecule has 0 saturated carbocycles. The Kier molecular flexibility index (Phi) is 4.55. The highest BCUT2D eigenvalue weighted by Crippen LogP contribution is 2.39. The maximum absolute atomic E-state index is 12.8. The summed E-state index contributed by atoms with van der Waals surface area (Å²) >= 11 is 6.09. The van der Waals surface area contributed by atoms with Gasteiger partial charge in [-0.25, -0.2) is 0 Å². The number of benzene rings is 1. The van der Waals surface area contributed by atoms with Crippen LogP contribution in [-0.4, -0.2) is 26.7 Å². The molecule has 130 valence electrons. The van der Waals surface area contributed by atoms with Crippen molar-refractivity contribution in [1.82, 2.24) is 9.88 Å². The van der Waals surface area contributed by atoms with Gasteiger partial charge in [0.15, 0.2) is 11.5 Å². The van der Waals surface area contributed by atoms with Crippen molar-refractivity contribution in [1.29, 1.82) is 0 Å². The number of nitrogens with zero attached hydrogens (tertiary/aromatic N) is 1. The molecule has 1 heterocycles. The third-order valence-corrected chi connectivity index (χ3v) is 3.94. The number of hydrogen-bond donors (Lipinski definition) is 3. The monoisotopic (exact) mass is 352 g/mol. The predicted molar refractivity (Wildman–Crippen MR) is 94.1 cm³/mol. The summed E-state index contributed by atoms with van der Waals surface area (Å²) < 4.78 is 1.68. The Bertz CT molecular complexity index is 879. The second-order valence-electron chi connectivity index (χ2n) is 6.99. The highest BCUT2D eigenvalue weighted by Gasteiger charge is 2.25. The summed E-state index contributed by atoms with van der Waals surface area (Å²) in [5.41, 5.74) is -0.818. The van der Waals surface area contributed by atoms with Gasteiger partial charge in [0.2, 0.25) is 5.43 Å². The smallest absolute Gasteiger partial charge is 0.256 e. The van der Waals surface area contributed by atoms with Crippen LogP contribution in [0.25, 0.3) is 10.9 Å². The molecule has 0 saturated heterocycles. The van der Waals surface area contributed by atoms with Crippen LogP contribution in [0.2, 0.25) is 5.02 Å². The van der Waals surface area contributed by atoms with Gasteiger partial charge in [0, 0.05) is 23.8 Å². The minimum atomic E-state index is -0.594. The van der Waals surface area contributed by atoms with E-state index in [1.165, 1.54) is 12.3 Å². The van der Waals surface area contributed by atoms with Gasteiger partial charge in [-0.3, -0.25) is 9.59 Å². The zero-order chi connectivity index (χ0) is 18.4. The number of fused-ring (bicyclic) bond motifs is 1. The van der Waals surface area contributed by atoms with E-state index < -0.39 is 28.4 Å². The molecule has 0 atom stereocenters. The van der Waals surface area contributed by atoms with Crippen LogP contribution in [0.15, 0.2) is 17.1 Å². The molecule has 3 N–H and O–H groups in total. The average Bonchev–Trinajstić information content (AvgIpc) is 2.42. The number of phenolic OH excluding ortho intramolecular Hbond substituents is 2. The van der Waals surface area contributed by atoms with Crippen molar-refractivity contribution in [2.24, 2.45) is 0 Å². The Balaban J connectivity index is 2.97. The van der Waals surface area contributed by atoms with Gasteiger partial charge in [0.1, 0.15) is 5.56 Å². The Morgan fingerprint density at radius 2 is 1.88 bits per heavy atom. The van der Waals surface area contributed by atoms with Crippen LogP contribution in [0.3, 0.4) is 0 Å². The van der Waals surface area contributed by atoms with E-state index in [4.69, 9.17) is 11.6 Å². The lowest BCUT2D eigenvalue weighted by atomic mass is 10.0. The molecule has 0 fully saturated rings. The Morgan fingerprint density at radius 1 is 1.29 bits per heavy atom. The number of nitrogens with one attached hydrogen (secondary N) is 1. The quantitative estimate of drug-likeness (QED) is 0.724. The van der Waals surface area contributed by atoms with E-state index in [0.717, 1.165) is 0 Å². The molecule has 0 aliphatic rings. The summed E-state index contributed by atoms with van der Waals surface area (Å²) in [7, 11) is 0. The first-order valence-electron chi connectivity index (χ1n) is 7.56. The molecular formula is C17H21ClN2O4. The van der Waals surface area contributed by atoms with Crippen LogP contribution < -0.4 is 10.7 Å². The van der Waals surface area contributed by atoms with E-state index in [2.05, 4.69) is 5.32 Å². The number of hydrogen-bond acceptors (Lipinski definition) is 4. The molecule has 2 rings (SSSR count). The summed E-state index contributed by atoms with van der Waals surface area (Å²) in [5, 5.41) is 22.1. The second-order valence-corrected chi connectivity index (χ2v) is 7.37. The standard InChI is InChI=1S/C17H21ClN2O4/c1-8(2)19-16(24)9-7-20(17(3,4)5)10-6-11(21)15(23)13(18)12(10)14(9)22/h6-8,21,23H,1-5H3,(H,19,24). The molecular weight excluding hydrogens is 332 g/mol. The van der Waals surface area contributed by atoms with Gasteiger partial charge >= 0.3 is 0 Å². The largest absolute Gasteiger partial charge is 0.504 e. The minimum Gasteiger partial charge on any atom is -0.504 e. The van der Waals surface area contributed by atoms with E-state index >= 15 is 0 Å². The number of aromatic nitrogens is 1. The van der Waals surface area contributed by atoms with Crippen molar-refractivity contribution in [3.8, 4) is 11.5 Å². The SMILES string of the molecule is CC(C)NC(=O)c1cn(C(C)(C)C)c2cc(O)c(O)c(Cl)c2c1=O. The Hall–Kier alpha value is -2.21. The number of rotatable bonds is 2. The summed E-state index contributed by atoms with van der Waals surface area (Å²) in [6.07, 6.45) is 1.45. The summed E-state index contributed by atoms with van der Waals surface area (Å²) in [6, 6.07) is 1.13. The normalized spacial score (nSPS) is 12.0. The first-order valence-corrected chi connectivity index (χ1v) is 7.94. The number of pyridine rings is 1. The van der Waals surface area contributed by atoms with Crippen molar-refractivity contribution in [3.63, 3.8) is 0 Å². The van der Waals surface area contributed by atoms with E-state index in [9.17, 15) is 19.8 Å². The van der Waals surface area contributed by atoms with Crippen LogP contribution in [-0.2, 0) is 5.54 Å². The molecule has 0 aliphatic carbocycles. The number of carbonyl (C=O) groups is 1. The third kappa shape index (κ3) is 3.06. The molecule has 6 nitrogen and oxygen atoms in total. The van der Waals surface area contributed by atoms with Crippen LogP contribution in [0.4, 0.5) is 0 Å². The van der Waals surface area contributed by atoms with E-state index in [0.29, 0.717) is 5.52 Å². The van der Waals surface area contributed by atoms with E-state index in [1.807, 2.05) is 20.8 Å². The van der Waals surface area contributed by atoms with Gasteiger partial charge in [0.05, 0.1) is 15.9 Å². The molecule has 2 aromatic rings. The van der Waals surface area contributed by atoms with Crippen molar-refractivity contribution in [3.05, 3.63) is 33.1 Å². The molecule has 7 heteroatoms. The second kappa shape index (κ2) is 6.02. The van der Waals surface area contributed by atoms with Crippen molar-refractivity contribution in [2.75, 3.05) is 0 Å². The summed E-state index contributed by atoms with van der Waals surface area (Å²) in [4.78, 5) is 25.1. The zero-order valence-electron chi connectivity index (χ0n) is 14.3. The van der Waals surface area contributed by atoms with Gasteiger partial charge < -0.3 is 20.1 Å². The van der Waals surface area contributed by atoms with Crippen LogP contribution in [0.1, 0.15) is 45.0 Å². The fourth-order valence-electron chi connectivity index (χ4n) is 2.47. The van der Waals surface area contributed by atoms with E-state index in [-0.39, 0.29) is 22.0 Å². The lowest BCUT2D eigenvalue weighted by Gasteiger charge is -2.27. The minimum absolute atomic E-state index is 0.00158. The van der Waals surface area contributed by atoms with Gasteiger partial charge in [-0.15, -0.1) is 0 Å². The van der Waals surface area contributed by atoms with Crippen LogP contribution >= 0.6 is 11.6 Å². The highest BCUT2D eigenvalue weighted by molar-refractivity contribution is 6.37. The van der Waals surface area contributed by atoms with Crippen LogP contribution in [0.5, 0.6) is 11.5 Å². The summed E-state index contributed by atoms with van der Waals surface area (Å²) in [5.74, 6) is -1.52. The predicted octanol–water partition coefficient (Wildman–Crippen LogP) is 2.96. The van der Waals surface area contributed by atoms with Crippen molar-refractivity contribution < 1.29 is 15.0 Å². The third-order valence-electron chi connectivity index (χ3n) is 3.58. The molecule has 0 unspecified atom stereocenters. The number of amides is 1. The van der Waals surface area contributed by atoms with Crippen molar-refractivity contribution in [2.45, 2.75) is 46.2 Å². The zero-order valence-corrected chi connectivity index (χ0v) is 15.0. The topological polar surface area (TPSA) is 91.6 Å². The maximum atomic E-state index is 12.8. The molecule has 0 spiro atoms. The van der Waals surface area contributed by atoms with E-state index in [1.54, 1.807) is 18.4 Å². The highest BCUT2D eigenvalue weighted by atomic mass is 35.5. The molecule has 1 aromatic carbocycles. The van der Waals surface area contributed by atoms with Gasteiger partial charge in [0.25, 0.3) is 5.91 Å². The molecule has 0 aliphatic heterocycles. The fourth-order valence-corrected chi connectivity index (χ4v) is 2.75. The maximum Gasteiger partial charge on any atom is 0.256 e. The van der Waals surface area contributed by atoms with Gasteiger partial charge in [-0.2, -0.15) is 0 Å². The lowest BCUT2D eigenvalue weighted by molar-refractivity contribution is 0.0941. The number of halogens is 1. The molecule has 1 amide bonds. The number of aromatic hydroxyl groups is 2. The molecule has 1 aromatic heterocycles. The number of phenols is 2. The Morgan fingerprint density at radius 3 is 2.38 bits per heavy atom.